The second-order valence-electron chi connectivity index (χ2n) is 5.39. The fourth-order valence-corrected chi connectivity index (χ4v) is 2.78. The van der Waals surface area contributed by atoms with Gasteiger partial charge in [-0.15, -0.1) is 0 Å². The molecule has 112 valence electrons. The van der Waals surface area contributed by atoms with Gasteiger partial charge in [-0.2, -0.15) is 0 Å². The quantitative estimate of drug-likeness (QED) is 0.728. The number of hydrogen-bond acceptors (Lipinski definition) is 1. The molecule has 0 atom stereocenters. The van der Waals surface area contributed by atoms with Crippen LogP contribution >= 0.6 is 0 Å². The van der Waals surface area contributed by atoms with Crippen molar-refractivity contribution in [1.82, 2.24) is 4.98 Å². The third kappa shape index (κ3) is 2.62. The van der Waals surface area contributed by atoms with Crippen molar-refractivity contribution < 1.29 is 4.79 Å². The normalized spacial score (nSPS) is 10.8. The zero-order valence-corrected chi connectivity index (χ0v) is 12.9. The van der Waals surface area contributed by atoms with Crippen LogP contribution in [-0.4, -0.2) is 10.9 Å². The van der Waals surface area contributed by atoms with Gasteiger partial charge in [0.2, 0.25) is 0 Å². The van der Waals surface area contributed by atoms with Crippen LogP contribution in [0.25, 0.3) is 10.9 Å². The highest BCUT2D eigenvalue weighted by Gasteiger charge is 2.12. The number of nitrogens with one attached hydrogen (secondary N) is 2. The maximum atomic E-state index is 12.6. The van der Waals surface area contributed by atoms with E-state index in [0.29, 0.717) is 5.56 Å². The predicted molar refractivity (Wildman–Crippen MR) is 91.4 cm³/mol. The maximum Gasteiger partial charge on any atom is 0.255 e. The fourth-order valence-electron chi connectivity index (χ4n) is 2.78. The van der Waals surface area contributed by atoms with E-state index < -0.39 is 0 Å². The number of para-hydroxylation sites is 1. The standard InChI is InChI=1S/C19H20N2O/c1-3-13-6-5-7-14(4-2)18(13)21-19(22)16-9-8-15-10-11-20-17(15)12-16/h5-12,20H,3-4H2,1-2H3,(H,21,22). The minimum atomic E-state index is -0.0629. The number of carbonyl (C=O) groups is 1. The van der Waals surface area contributed by atoms with Gasteiger partial charge < -0.3 is 10.3 Å². The number of aromatic nitrogens is 1. The summed E-state index contributed by atoms with van der Waals surface area (Å²) in [5, 5.41) is 4.21. The third-order valence-electron chi connectivity index (χ3n) is 4.05. The summed E-state index contributed by atoms with van der Waals surface area (Å²) in [6.07, 6.45) is 3.69. The average Bonchev–Trinajstić information content (AvgIpc) is 3.02. The average molecular weight is 292 g/mol. The SMILES string of the molecule is CCc1cccc(CC)c1NC(=O)c1ccc2cc[nH]c2c1. The molecule has 2 N–H and O–H groups in total. The van der Waals surface area contributed by atoms with E-state index in [1.807, 2.05) is 30.5 Å². The van der Waals surface area contributed by atoms with E-state index in [9.17, 15) is 4.79 Å². The molecule has 0 aliphatic heterocycles. The summed E-state index contributed by atoms with van der Waals surface area (Å²) in [5.74, 6) is -0.0629. The first-order valence-electron chi connectivity index (χ1n) is 7.72. The van der Waals surface area contributed by atoms with Gasteiger partial charge in [0, 0.05) is 23.0 Å². The highest BCUT2D eigenvalue weighted by atomic mass is 16.1. The highest BCUT2D eigenvalue weighted by molar-refractivity contribution is 6.06. The minimum Gasteiger partial charge on any atom is -0.361 e. The molecule has 0 unspecified atom stereocenters. The highest BCUT2D eigenvalue weighted by Crippen LogP contribution is 2.24. The summed E-state index contributed by atoms with van der Waals surface area (Å²) in [6, 6.07) is 13.9. The number of hydrogen-bond donors (Lipinski definition) is 2. The van der Waals surface area contributed by atoms with Gasteiger partial charge in [0.05, 0.1) is 0 Å². The molecule has 0 radical (unpaired) electrons. The van der Waals surface area contributed by atoms with Crippen molar-refractivity contribution in [3.63, 3.8) is 0 Å². The minimum absolute atomic E-state index is 0.0629. The number of amides is 1. The third-order valence-corrected chi connectivity index (χ3v) is 4.05. The molecule has 3 rings (SSSR count). The molecule has 1 aromatic heterocycles. The summed E-state index contributed by atoms with van der Waals surface area (Å²) < 4.78 is 0. The van der Waals surface area contributed by atoms with E-state index in [2.05, 4.69) is 42.3 Å². The topological polar surface area (TPSA) is 44.9 Å². The van der Waals surface area contributed by atoms with Gasteiger partial charge in [0.25, 0.3) is 5.91 Å². The Kier molecular flexibility index (Phi) is 3.96. The molecular formula is C19H20N2O. The Bertz CT molecular complexity index is 795. The zero-order chi connectivity index (χ0) is 15.5. The van der Waals surface area contributed by atoms with Crippen molar-refractivity contribution in [2.45, 2.75) is 26.7 Å². The fraction of sp³-hybridized carbons (Fsp3) is 0.211. The van der Waals surface area contributed by atoms with Crippen molar-refractivity contribution in [1.29, 1.82) is 0 Å². The summed E-state index contributed by atoms with van der Waals surface area (Å²) in [7, 11) is 0. The Morgan fingerprint density at radius 2 is 1.77 bits per heavy atom. The Morgan fingerprint density at radius 1 is 1.05 bits per heavy atom. The number of anilines is 1. The van der Waals surface area contributed by atoms with E-state index >= 15 is 0 Å². The molecule has 1 heterocycles. The lowest BCUT2D eigenvalue weighted by Crippen LogP contribution is -2.14. The van der Waals surface area contributed by atoms with Crippen molar-refractivity contribution in [3.8, 4) is 0 Å². The van der Waals surface area contributed by atoms with Crippen LogP contribution < -0.4 is 5.32 Å². The Balaban J connectivity index is 1.93. The van der Waals surface area contributed by atoms with E-state index in [1.165, 1.54) is 11.1 Å². The van der Waals surface area contributed by atoms with Gasteiger partial charge in [-0.25, -0.2) is 0 Å². The molecule has 0 aliphatic rings. The summed E-state index contributed by atoms with van der Waals surface area (Å²) in [4.78, 5) is 15.7. The molecule has 0 fully saturated rings. The molecule has 2 aromatic carbocycles. The lowest BCUT2D eigenvalue weighted by atomic mass is 10.0. The van der Waals surface area contributed by atoms with Gasteiger partial charge in [-0.3, -0.25) is 4.79 Å². The molecule has 0 bridgehead atoms. The van der Waals surface area contributed by atoms with Crippen LogP contribution in [0.5, 0.6) is 0 Å². The monoisotopic (exact) mass is 292 g/mol. The molecule has 0 aliphatic carbocycles. The number of benzene rings is 2. The first-order chi connectivity index (χ1) is 10.7. The number of aromatic amines is 1. The lowest BCUT2D eigenvalue weighted by molar-refractivity contribution is 0.102. The van der Waals surface area contributed by atoms with Crippen molar-refractivity contribution in [2.24, 2.45) is 0 Å². The molecule has 0 saturated heterocycles. The number of H-pyrrole nitrogens is 1. The molecule has 1 amide bonds. The van der Waals surface area contributed by atoms with Gasteiger partial charge in [0.1, 0.15) is 0 Å². The van der Waals surface area contributed by atoms with Crippen LogP contribution in [0.2, 0.25) is 0 Å². The van der Waals surface area contributed by atoms with Crippen LogP contribution in [0.1, 0.15) is 35.3 Å². The molecule has 22 heavy (non-hydrogen) atoms. The van der Waals surface area contributed by atoms with E-state index in [4.69, 9.17) is 0 Å². The Labute approximate surface area is 130 Å². The summed E-state index contributed by atoms with van der Waals surface area (Å²) >= 11 is 0. The summed E-state index contributed by atoms with van der Waals surface area (Å²) in [6.45, 7) is 4.21. The predicted octanol–water partition coefficient (Wildman–Crippen LogP) is 4.55. The molecule has 0 saturated carbocycles. The molecular weight excluding hydrogens is 272 g/mol. The molecule has 3 heteroatoms. The number of fused-ring (bicyclic) bond motifs is 1. The lowest BCUT2D eigenvalue weighted by Gasteiger charge is -2.14. The number of carbonyl (C=O) groups excluding carboxylic acids is 1. The number of aryl methyl sites for hydroxylation is 2. The van der Waals surface area contributed by atoms with Gasteiger partial charge >= 0.3 is 0 Å². The van der Waals surface area contributed by atoms with Crippen molar-refractivity contribution in [2.75, 3.05) is 5.32 Å². The van der Waals surface area contributed by atoms with E-state index in [-0.39, 0.29) is 5.91 Å². The van der Waals surface area contributed by atoms with Crippen LogP contribution in [0.15, 0.2) is 48.7 Å². The van der Waals surface area contributed by atoms with Crippen molar-refractivity contribution in [3.05, 3.63) is 65.4 Å². The zero-order valence-electron chi connectivity index (χ0n) is 12.9. The van der Waals surface area contributed by atoms with Crippen LogP contribution in [0.4, 0.5) is 5.69 Å². The number of rotatable bonds is 4. The van der Waals surface area contributed by atoms with Gasteiger partial charge in [0.15, 0.2) is 0 Å². The molecule has 3 nitrogen and oxygen atoms in total. The molecule has 3 aromatic rings. The summed E-state index contributed by atoms with van der Waals surface area (Å²) in [5.41, 5.74) is 4.96. The van der Waals surface area contributed by atoms with Gasteiger partial charge in [-0.05, 0) is 47.6 Å². The smallest absolute Gasteiger partial charge is 0.255 e. The van der Waals surface area contributed by atoms with Crippen LogP contribution in [0, 0.1) is 0 Å². The Morgan fingerprint density at radius 3 is 2.45 bits per heavy atom. The second-order valence-corrected chi connectivity index (χ2v) is 5.39. The molecule has 0 spiro atoms. The maximum absolute atomic E-state index is 12.6. The van der Waals surface area contributed by atoms with Crippen LogP contribution in [0.3, 0.4) is 0 Å². The van der Waals surface area contributed by atoms with E-state index in [0.717, 1.165) is 29.4 Å². The van der Waals surface area contributed by atoms with Crippen LogP contribution in [-0.2, 0) is 12.8 Å². The second kappa shape index (κ2) is 6.06. The van der Waals surface area contributed by atoms with Crippen molar-refractivity contribution >= 4 is 22.5 Å². The first kappa shape index (κ1) is 14.4. The van der Waals surface area contributed by atoms with Gasteiger partial charge in [-0.1, -0.05) is 38.1 Å². The van der Waals surface area contributed by atoms with E-state index in [1.54, 1.807) is 0 Å². The largest absolute Gasteiger partial charge is 0.361 e. The first-order valence-corrected chi connectivity index (χ1v) is 7.72. The Hall–Kier alpha value is -2.55.